The van der Waals surface area contributed by atoms with Gasteiger partial charge in [0, 0.05) is 17.5 Å². The van der Waals surface area contributed by atoms with E-state index >= 15 is 0 Å². The maximum atomic E-state index is 12.6. The van der Waals surface area contributed by atoms with Crippen molar-refractivity contribution in [2.45, 2.75) is 39.3 Å². The van der Waals surface area contributed by atoms with Gasteiger partial charge in [-0.05, 0) is 64.0 Å². The fourth-order valence-corrected chi connectivity index (χ4v) is 3.65. The van der Waals surface area contributed by atoms with E-state index in [2.05, 4.69) is 20.3 Å². The van der Waals surface area contributed by atoms with Gasteiger partial charge in [0.25, 0.3) is 5.91 Å². The van der Waals surface area contributed by atoms with Crippen molar-refractivity contribution in [3.05, 3.63) is 65.5 Å². The summed E-state index contributed by atoms with van der Waals surface area (Å²) in [6, 6.07) is 9.13. The highest BCUT2D eigenvalue weighted by Gasteiger charge is 2.20. The van der Waals surface area contributed by atoms with Crippen LogP contribution in [0.5, 0.6) is 0 Å². The highest BCUT2D eigenvalue weighted by atomic mass is 16.4. The van der Waals surface area contributed by atoms with Crippen LogP contribution in [0.15, 0.2) is 47.1 Å². The van der Waals surface area contributed by atoms with Gasteiger partial charge in [0.05, 0.1) is 18.8 Å². The van der Waals surface area contributed by atoms with Crippen LogP contribution in [0, 0.1) is 6.92 Å². The number of hydrogen-bond donors (Lipinski definition) is 1. The molecular formula is C21H25N5O2. The first-order valence-electron chi connectivity index (χ1n) is 9.69. The van der Waals surface area contributed by atoms with Crippen LogP contribution >= 0.6 is 0 Å². The molecule has 4 rings (SSSR count). The van der Waals surface area contributed by atoms with Crippen molar-refractivity contribution in [3.63, 3.8) is 0 Å². The highest BCUT2D eigenvalue weighted by Crippen LogP contribution is 2.20. The first-order chi connectivity index (χ1) is 13.6. The molecule has 0 radical (unpaired) electrons. The van der Waals surface area contributed by atoms with Crippen LogP contribution < -0.4 is 5.32 Å². The second kappa shape index (κ2) is 7.98. The van der Waals surface area contributed by atoms with Crippen LogP contribution in [-0.2, 0) is 6.54 Å². The largest absolute Gasteiger partial charge is 0.455 e. The topological polar surface area (TPSA) is 76.2 Å². The lowest BCUT2D eigenvalue weighted by atomic mass is 10.1. The monoisotopic (exact) mass is 379 g/mol. The second-order valence-electron chi connectivity index (χ2n) is 7.23. The van der Waals surface area contributed by atoms with E-state index < -0.39 is 0 Å². The first-order valence-corrected chi connectivity index (χ1v) is 9.69. The van der Waals surface area contributed by atoms with Crippen LogP contribution in [0.1, 0.15) is 53.4 Å². The van der Waals surface area contributed by atoms with E-state index in [-0.39, 0.29) is 11.9 Å². The minimum atomic E-state index is -0.217. The molecule has 1 N–H and O–H groups in total. The number of aromatic nitrogens is 3. The Kier molecular flexibility index (Phi) is 5.25. The summed E-state index contributed by atoms with van der Waals surface area (Å²) in [6.45, 7) is 6.87. The van der Waals surface area contributed by atoms with Gasteiger partial charge < -0.3 is 9.73 Å². The van der Waals surface area contributed by atoms with Crippen molar-refractivity contribution >= 4 is 5.91 Å². The Morgan fingerprint density at radius 1 is 1.25 bits per heavy atom. The molecule has 1 aliphatic heterocycles. The summed E-state index contributed by atoms with van der Waals surface area (Å²) in [5, 5.41) is 7.43. The molecule has 1 fully saturated rings. The Hall–Kier alpha value is -2.93. The van der Waals surface area contributed by atoms with E-state index in [0.717, 1.165) is 42.5 Å². The molecule has 1 amide bonds. The predicted octanol–water partition coefficient (Wildman–Crippen LogP) is 3.26. The number of likely N-dealkylation sites (tertiary alicyclic amines) is 1. The van der Waals surface area contributed by atoms with E-state index in [0.29, 0.717) is 5.76 Å². The molecule has 1 saturated heterocycles. The number of carbonyl (C=O) groups is 1. The van der Waals surface area contributed by atoms with Crippen molar-refractivity contribution in [3.8, 4) is 5.82 Å². The number of furan rings is 1. The molecule has 3 aromatic rings. The predicted molar refractivity (Wildman–Crippen MR) is 105 cm³/mol. The molecule has 28 heavy (non-hydrogen) atoms. The molecule has 1 atom stereocenters. The minimum absolute atomic E-state index is 0.197. The van der Waals surface area contributed by atoms with E-state index in [1.807, 2.05) is 38.1 Å². The number of nitrogens with one attached hydrogen (secondary N) is 1. The average molecular weight is 379 g/mol. The first kappa shape index (κ1) is 18.4. The zero-order valence-electron chi connectivity index (χ0n) is 16.3. The van der Waals surface area contributed by atoms with Gasteiger partial charge in [-0.1, -0.05) is 6.07 Å². The van der Waals surface area contributed by atoms with Gasteiger partial charge in [-0.3, -0.25) is 9.69 Å². The number of pyridine rings is 1. The molecule has 0 saturated carbocycles. The Morgan fingerprint density at radius 2 is 2.07 bits per heavy atom. The molecule has 0 aliphatic carbocycles. The third kappa shape index (κ3) is 3.84. The zero-order valence-corrected chi connectivity index (χ0v) is 16.3. The van der Waals surface area contributed by atoms with Crippen molar-refractivity contribution in [2.24, 2.45) is 0 Å². The van der Waals surface area contributed by atoms with Crippen LogP contribution in [0.2, 0.25) is 0 Å². The van der Waals surface area contributed by atoms with Crippen molar-refractivity contribution in [1.82, 2.24) is 25.0 Å². The van der Waals surface area contributed by atoms with E-state index in [9.17, 15) is 4.79 Å². The second-order valence-corrected chi connectivity index (χ2v) is 7.23. The number of rotatable bonds is 6. The summed E-state index contributed by atoms with van der Waals surface area (Å²) in [6.07, 6.45) is 5.97. The highest BCUT2D eigenvalue weighted by molar-refractivity contribution is 5.91. The fourth-order valence-electron chi connectivity index (χ4n) is 3.65. The molecule has 0 unspecified atom stereocenters. The van der Waals surface area contributed by atoms with Crippen LogP contribution in [0.3, 0.4) is 0 Å². The summed E-state index contributed by atoms with van der Waals surface area (Å²) >= 11 is 0. The van der Waals surface area contributed by atoms with Gasteiger partial charge in [0.2, 0.25) is 0 Å². The molecule has 0 bridgehead atoms. The van der Waals surface area contributed by atoms with Gasteiger partial charge in [-0.25, -0.2) is 9.67 Å². The maximum absolute atomic E-state index is 12.6. The summed E-state index contributed by atoms with van der Waals surface area (Å²) in [7, 11) is 0. The Labute approximate surface area is 164 Å². The molecule has 3 aromatic heterocycles. The van der Waals surface area contributed by atoms with Crippen molar-refractivity contribution in [1.29, 1.82) is 0 Å². The molecule has 0 spiro atoms. The SMILES string of the molecule is Cc1c([C@H](C)NC(=O)c2ccc(CN3CCCC3)o2)cnn1-c1ccccn1. The van der Waals surface area contributed by atoms with Gasteiger partial charge >= 0.3 is 0 Å². The van der Waals surface area contributed by atoms with Crippen LogP contribution in [0.4, 0.5) is 0 Å². The smallest absolute Gasteiger partial charge is 0.287 e. The van der Waals surface area contributed by atoms with Gasteiger partial charge in [0.1, 0.15) is 5.76 Å². The lowest BCUT2D eigenvalue weighted by Gasteiger charge is -2.13. The molecule has 0 aromatic carbocycles. The van der Waals surface area contributed by atoms with E-state index in [1.54, 1.807) is 23.1 Å². The summed E-state index contributed by atoms with van der Waals surface area (Å²) in [5.41, 5.74) is 1.89. The summed E-state index contributed by atoms with van der Waals surface area (Å²) < 4.78 is 7.54. The average Bonchev–Trinajstić information content (AvgIpc) is 3.44. The summed E-state index contributed by atoms with van der Waals surface area (Å²) in [4.78, 5) is 19.3. The standard InChI is InChI=1S/C21H25N5O2/c1-15(18-13-23-26(16(18)2)20-7-3-4-10-22-20)24-21(27)19-9-8-17(28-19)14-25-11-5-6-12-25/h3-4,7-10,13,15H,5-6,11-12,14H2,1-2H3,(H,24,27)/t15-/m0/s1. The lowest BCUT2D eigenvalue weighted by molar-refractivity contribution is 0.0908. The third-order valence-electron chi connectivity index (χ3n) is 5.19. The minimum Gasteiger partial charge on any atom is -0.455 e. The van der Waals surface area contributed by atoms with Gasteiger partial charge in [-0.2, -0.15) is 5.10 Å². The molecule has 7 nitrogen and oxygen atoms in total. The molecular weight excluding hydrogens is 354 g/mol. The van der Waals surface area contributed by atoms with E-state index in [1.165, 1.54) is 12.8 Å². The molecule has 4 heterocycles. The lowest BCUT2D eigenvalue weighted by Crippen LogP contribution is -2.26. The van der Waals surface area contributed by atoms with Gasteiger partial charge in [0.15, 0.2) is 11.6 Å². The Morgan fingerprint density at radius 3 is 2.82 bits per heavy atom. The molecule has 1 aliphatic rings. The number of hydrogen-bond acceptors (Lipinski definition) is 5. The molecule has 146 valence electrons. The van der Waals surface area contributed by atoms with E-state index in [4.69, 9.17) is 4.42 Å². The zero-order chi connectivity index (χ0) is 19.5. The third-order valence-corrected chi connectivity index (χ3v) is 5.19. The van der Waals surface area contributed by atoms with Crippen molar-refractivity contribution in [2.75, 3.05) is 13.1 Å². The van der Waals surface area contributed by atoms with Crippen LogP contribution in [-0.4, -0.2) is 38.7 Å². The van der Waals surface area contributed by atoms with Crippen LogP contribution in [0.25, 0.3) is 5.82 Å². The van der Waals surface area contributed by atoms with Gasteiger partial charge in [-0.15, -0.1) is 0 Å². The number of nitrogens with zero attached hydrogens (tertiary/aromatic N) is 4. The quantitative estimate of drug-likeness (QED) is 0.711. The number of carbonyl (C=O) groups excluding carboxylic acids is 1. The summed E-state index contributed by atoms with van der Waals surface area (Å²) in [5.74, 6) is 1.71. The van der Waals surface area contributed by atoms with Crippen molar-refractivity contribution < 1.29 is 9.21 Å². The maximum Gasteiger partial charge on any atom is 0.287 e. The Bertz CT molecular complexity index is 941. The molecule has 7 heteroatoms. The number of amides is 1. The fraction of sp³-hybridized carbons (Fsp3) is 0.381. The normalized spacial score (nSPS) is 15.6. The Balaban J connectivity index is 1.42.